The number of hydrazone groups is 1. The Morgan fingerprint density at radius 3 is 2.74 bits per heavy atom. The summed E-state index contributed by atoms with van der Waals surface area (Å²) in [5, 5.41) is 6.01. The molecule has 0 N–H and O–H groups in total. The Kier molecular flexibility index (Phi) is 6.46. The van der Waals surface area contributed by atoms with Gasteiger partial charge < -0.3 is 9.15 Å². The molecule has 4 rings (SSSR count). The number of furan rings is 1. The normalized spacial score (nSPS) is 21.7. The molecule has 2 aliphatic heterocycles. The monoisotopic (exact) mass is 427 g/mol. The van der Waals surface area contributed by atoms with Crippen molar-refractivity contribution in [2.45, 2.75) is 44.7 Å². The number of ether oxygens (including phenoxy) is 1. The van der Waals surface area contributed by atoms with E-state index in [2.05, 4.69) is 5.10 Å². The number of carbonyl (C=O) groups is 2. The molecule has 0 radical (unpaired) electrons. The smallest absolute Gasteiger partial charge is 0.323 e. The highest BCUT2D eigenvalue weighted by Gasteiger charge is 2.38. The zero-order chi connectivity index (χ0) is 21.8. The first kappa shape index (κ1) is 21.2. The lowest BCUT2D eigenvalue weighted by Gasteiger charge is -2.34. The zero-order valence-corrected chi connectivity index (χ0v) is 17.5. The molecule has 164 valence electrons. The minimum Gasteiger partial charge on any atom is -0.467 e. The van der Waals surface area contributed by atoms with Gasteiger partial charge >= 0.3 is 5.97 Å². The van der Waals surface area contributed by atoms with Crippen LogP contribution in [0.1, 0.15) is 50.0 Å². The Hall–Kier alpha value is -3.00. The second kappa shape index (κ2) is 9.43. The van der Waals surface area contributed by atoms with Crippen molar-refractivity contribution in [3.8, 4) is 0 Å². The summed E-state index contributed by atoms with van der Waals surface area (Å²) in [6.07, 6.45) is 4.56. The van der Waals surface area contributed by atoms with Crippen LogP contribution in [0.25, 0.3) is 0 Å². The minimum absolute atomic E-state index is 0.0703. The molecule has 2 atom stereocenters. The predicted molar refractivity (Wildman–Crippen MR) is 112 cm³/mol. The Morgan fingerprint density at radius 1 is 1.23 bits per heavy atom. The molecule has 1 fully saturated rings. The Labute approximate surface area is 180 Å². The van der Waals surface area contributed by atoms with Gasteiger partial charge in [-0.05, 0) is 56.1 Å². The van der Waals surface area contributed by atoms with Crippen molar-refractivity contribution in [1.29, 1.82) is 0 Å². The number of rotatable bonds is 6. The van der Waals surface area contributed by atoms with Crippen molar-refractivity contribution in [2.75, 3.05) is 19.7 Å². The summed E-state index contributed by atoms with van der Waals surface area (Å²) in [6.45, 7) is 2.82. The van der Waals surface area contributed by atoms with E-state index in [4.69, 9.17) is 9.15 Å². The number of carbonyl (C=O) groups excluding carboxylic acids is 2. The molecule has 0 bridgehead atoms. The van der Waals surface area contributed by atoms with Gasteiger partial charge in [0, 0.05) is 6.42 Å². The molecule has 2 aromatic rings. The molecular weight excluding hydrogens is 401 g/mol. The highest BCUT2D eigenvalue weighted by Crippen LogP contribution is 2.33. The Morgan fingerprint density at radius 2 is 2.03 bits per heavy atom. The molecule has 1 saturated heterocycles. The van der Waals surface area contributed by atoms with Crippen molar-refractivity contribution in [1.82, 2.24) is 9.91 Å². The van der Waals surface area contributed by atoms with Crippen molar-refractivity contribution in [2.24, 2.45) is 5.10 Å². The third kappa shape index (κ3) is 4.69. The molecular formula is C23H26FN3O4. The first-order valence-corrected chi connectivity index (χ1v) is 10.7. The second-order valence-corrected chi connectivity index (χ2v) is 7.76. The number of benzene rings is 1. The molecule has 0 saturated carbocycles. The number of hydrogen-bond donors (Lipinski definition) is 0. The van der Waals surface area contributed by atoms with Gasteiger partial charge in [0.1, 0.15) is 23.7 Å². The van der Waals surface area contributed by atoms with Crippen LogP contribution in [0.5, 0.6) is 0 Å². The van der Waals surface area contributed by atoms with E-state index in [1.54, 1.807) is 31.4 Å². The van der Waals surface area contributed by atoms with Crippen molar-refractivity contribution < 1.29 is 23.1 Å². The summed E-state index contributed by atoms with van der Waals surface area (Å²) in [4.78, 5) is 27.5. The topological polar surface area (TPSA) is 75.3 Å². The third-order valence-electron chi connectivity index (χ3n) is 5.73. The van der Waals surface area contributed by atoms with Crippen LogP contribution in [0.2, 0.25) is 0 Å². The van der Waals surface area contributed by atoms with Crippen LogP contribution >= 0.6 is 0 Å². The predicted octanol–water partition coefficient (Wildman–Crippen LogP) is 3.51. The van der Waals surface area contributed by atoms with E-state index in [0.717, 1.165) is 18.4 Å². The van der Waals surface area contributed by atoms with Crippen LogP contribution in [0, 0.1) is 5.82 Å². The van der Waals surface area contributed by atoms with Gasteiger partial charge in [0.15, 0.2) is 0 Å². The van der Waals surface area contributed by atoms with Gasteiger partial charge in [0.2, 0.25) is 0 Å². The maximum atomic E-state index is 13.3. The van der Waals surface area contributed by atoms with Crippen LogP contribution < -0.4 is 0 Å². The van der Waals surface area contributed by atoms with E-state index in [-0.39, 0.29) is 30.3 Å². The molecule has 7 nitrogen and oxygen atoms in total. The van der Waals surface area contributed by atoms with Gasteiger partial charge in [-0.25, -0.2) is 9.40 Å². The fourth-order valence-corrected chi connectivity index (χ4v) is 4.19. The molecule has 3 heterocycles. The van der Waals surface area contributed by atoms with Gasteiger partial charge in [-0.3, -0.25) is 14.5 Å². The van der Waals surface area contributed by atoms with Gasteiger partial charge in [-0.1, -0.05) is 18.6 Å². The average molecular weight is 427 g/mol. The van der Waals surface area contributed by atoms with Crippen LogP contribution in [-0.4, -0.2) is 53.2 Å². The largest absolute Gasteiger partial charge is 0.467 e. The van der Waals surface area contributed by atoms with Gasteiger partial charge in [-0.15, -0.1) is 0 Å². The Balaban J connectivity index is 1.55. The summed E-state index contributed by atoms with van der Waals surface area (Å²) in [6, 6.07) is 8.86. The van der Waals surface area contributed by atoms with Gasteiger partial charge in [-0.2, -0.15) is 5.10 Å². The quantitative estimate of drug-likeness (QED) is 0.660. The van der Waals surface area contributed by atoms with Crippen LogP contribution in [-0.2, 0) is 14.3 Å². The highest BCUT2D eigenvalue weighted by atomic mass is 19.1. The second-order valence-electron chi connectivity index (χ2n) is 7.76. The third-order valence-corrected chi connectivity index (χ3v) is 5.73. The maximum absolute atomic E-state index is 13.3. The summed E-state index contributed by atoms with van der Waals surface area (Å²) >= 11 is 0. The number of halogens is 1. The molecule has 2 aliphatic rings. The van der Waals surface area contributed by atoms with Gasteiger partial charge in [0.05, 0.1) is 25.1 Å². The molecule has 0 spiro atoms. The van der Waals surface area contributed by atoms with E-state index in [1.165, 1.54) is 17.1 Å². The lowest BCUT2D eigenvalue weighted by atomic mass is 10.0. The number of amides is 1. The zero-order valence-electron chi connectivity index (χ0n) is 17.5. The molecule has 2 unspecified atom stereocenters. The van der Waals surface area contributed by atoms with E-state index >= 15 is 0 Å². The Bertz CT molecular complexity index is 942. The standard InChI is InChI=1S/C23H26FN3O4/c1-2-30-23(29)19-6-3-4-12-26(19)15-22(28)27-20(21-7-5-13-31-21)14-18(25-27)16-8-10-17(24)11-9-16/h5,7-11,13,19-20H,2-4,6,12,14-15H2,1H3. The summed E-state index contributed by atoms with van der Waals surface area (Å²) in [7, 11) is 0. The van der Waals surface area contributed by atoms with Gasteiger partial charge in [0.25, 0.3) is 5.91 Å². The number of piperidine rings is 1. The van der Waals surface area contributed by atoms with Crippen LogP contribution in [0.3, 0.4) is 0 Å². The van der Waals surface area contributed by atoms with Crippen LogP contribution in [0.4, 0.5) is 4.39 Å². The fourth-order valence-electron chi connectivity index (χ4n) is 4.19. The first-order chi connectivity index (χ1) is 15.1. The maximum Gasteiger partial charge on any atom is 0.323 e. The molecule has 1 aromatic heterocycles. The summed E-state index contributed by atoms with van der Waals surface area (Å²) in [5.74, 6) is -0.188. The van der Waals surface area contributed by atoms with E-state index in [0.29, 0.717) is 37.5 Å². The molecule has 0 aliphatic carbocycles. The van der Waals surface area contributed by atoms with E-state index in [1.807, 2.05) is 11.0 Å². The number of esters is 1. The molecule has 1 aromatic carbocycles. The highest BCUT2D eigenvalue weighted by molar-refractivity contribution is 6.03. The van der Waals surface area contributed by atoms with Crippen molar-refractivity contribution >= 4 is 17.6 Å². The van der Waals surface area contributed by atoms with E-state index < -0.39 is 6.04 Å². The minimum atomic E-state index is -0.414. The van der Waals surface area contributed by atoms with Crippen molar-refractivity contribution in [3.05, 3.63) is 59.8 Å². The summed E-state index contributed by atoms with van der Waals surface area (Å²) < 4.78 is 24.1. The first-order valence-electron chi connectivity index (χ1n) is 10.7. The molecule has 1 amide bonds. The summed E-state index contributed by atoms with van der Waals surface area (Å²) in [5.41, 5.74) is 1.45. The number of hydrogen-bond acceptors (Lipinski definition) is 6. The fraction of sp³-hybridized carbons (Fsp3) is 0.435. The van der Waals surface area contributed by atoms with Crippen LogP contribution in [0.15, 0.2) is 52.2 Å². The molecule has 8 heteroatoms. The van der Waals surface area contributed by atoms with Crippen molar-refractivity contribution in [3.63, 3.8) is 0 Å². The number of likely N-dealkylation sites (tertiary alicyclic amines) is 1. The number of nitrogens with zero attached hydrogens (tertiary/aromatic N) is 3. The average Bonchev–Trinajstić information content (AvgIpc) is 3.45. The lowest BCUT2D eigenvalue weighted by Crippen LogP contribution is -2.49. The lowest BCUT2D eigenvalue weighted by molar-refractivity contribution is -0.152. The SMILES string of the molecule is CCOC(=O)C1CCCCN1CC(=O)N1N=C(c2ccc(F)cc2)CC1c1ccco1. The molecule has 31 heavy (non-hydrogen) atoms. The van der Waals surface area contributed by atoms with E-state index in [9.17, 15) is 14.0 Å².